The van der Waals surface area contributed by atoms with E-state index in [1.54, 1.807) is 13.3 Å². The van der Waals surface area contributed by atoms with Crippen molar-refractivity contribution in [1.29, 1.82) is 0 Å². The van der Waals surface area contributed by atoms with Crippen LogP contribution in [0.5, 0.6) is 5.75 Å². The molecule has 1 aliphatic rings. The summed E-state index contributed by atoms with van der Waals surface area (Å²) in [6, 6.07) is 13.4. The van der Waals surface area contributed by atoms with Crippen LogP contribution in [0.4, 0.5) is 0 Å². The molecule has 1 aliphatic heterocycles. The Labute approximate surface area is 166 Å². The molecule has 0 aliphatic carbocycles. The number of hydrogen-bond donors (Lipinski definition) is 1. The Hall–Kier alpha value is -2.44. The first-order valence-corrected chi connectivity index (χ1v) is 9.91. The minimum absolute atomic E-state index is 0.0426. The second kappa shape index (κ2) is 10.8. The van der Waals surface area contributed by atoms with Gasteiger partial charge in [-0.1, -0.05) is 6.07 Å². The summed E-state index contributed by atoms with van der Waals surface area (Å²) in [5.74, 6) is 0.782. The van der Waals surface area contributed by atoms with Crippen LogP contribution in [0.15, 0.2) is 48.7 Å². The minimum Gasteiger partial charge on any atom is -0.491 e. The Morgan fingerprint density at radius 3 is 2.75 bits per heavy atom. The van der Waals surface area contributed by atoms with Crippen LogP contribution in [0.2, 0.25) is 0 Å². The molecule has 1 unspecified atom stereocenters. The highest BCUT2D eigenvalue weighted by Crippen LogP contribution is 2.21. The van der Waals surface area contributed by atoms with E-state index in [0.717, 1.165) is 43.8 Å². The van der Waals surface area contributed by atoms with Gasteiger partial charge in [-0.2, -0.15) is 0 Å². The van der Waals surface area contributed by atoms with Crippen molar-refractivity contribution in [2.24, 2.45) is 0 Å². The summed E-state index contributed by atoms with van der Waals surface area (Å²) in [5, 5.41) is 3.43. The molecule has 0 bridgehead atoms. The molecule has 0 spiro atoms. The summed E-state index contributed by atoms with van der Waals surface area (Å²) in [6.07, 6.45) is 4.81. The SMILES string of the molecule is COCCOc1ccc(C(=O)N(Cc2ccccn2)C2CCCNCC2)cc1. The molecule has 1 aromatic carbocycles. The van der Waals surface area contributed by atoms with Crippen molar-refractivity contribution in [3.63, 3.8) is 0 Å². The maximum absolute atomic E-state index is 13.3. The molecule has 0 saturated carbocycles. The first-order valence-electron chi connectivity index (χ1n) is 9.91. The average molecular weight is 383 g/mol. The van der Waals surface area contributed by atoms with Gasteiger partial charge in [0.25, 0.3) is 5.91 Å². The fraction of sp³-hybridized carbons (Fsp3) is 0.455. The molecule has 1 atom stereocenters. The van der Waals surface area contributed by atoms with Crippen LogP contribution in [0, 0.1) is 0 Å². The lowest BCUT2D eigenvalue weighted by Crippen LogP contribution is -2.40. The first kappa shape index (κ1) is 20.3. The predicted octanol–water partition coefficient (Wildman–Crippen LogP) is 2.89. The van der Waals surface area contributed by atoms with Crippen molar-refractivity contribution >= 4 is 5.91 Å². The number of rotatable bonds is 8. The van der Waals surface area contributed by atoms with Crippen LogP contribution in [-0.4, -0.2) is 55.2 Å². The van der Waals surface area contributed by atoms with Gasteiger partial charge >= 0.3 is 0 Å². The number of pyridine rings is 1. The smallest absolute Gasteiger partial charge is 0.254 e. The monoisotopic (exact) mass is 383 g/mol. The lowest BCUT2D eigenvalue weighted by Gasteiger charge is -2.31. The van der Waals surface area contributed by atoms with Crippen LogP contribution in [0.1, 0.15) is 35.3 Å². The molecule has 1 N–H and O–H groups in total. The largest absolute Gasteiger partial charge is 0.491 e. The number of methoxy groups -OCH3 is 1. The Balaban J connectivity index is 1.75. The summed E-state index contributed by atoms with van der Waals surface area (Å²) >= 11 is 0. The van der Waals surface area contributed by atoms with Gasteiger partial charge < -0.3 is 19.7 Å². The summed E-state index contributed by atoms with van der Waals surface area (Å²) < 4.78 is 10.6. The van der Waals surface area contributed by atoms with Gasteiger partial charge in [-0.3, -0.25) is 9.78 Å². The predicted molar refractivity (Wildman–Crippen MR) is 108 cm³/mol. The number of hydrogen-bond acceptors (Lipinski definition) is 5. The summed E-state index contributed by atoms with van der Waals surface area (Å²) in [7, 11) is 1.64. The number of nitrogens with zero attached hydrogens (tertiary/aromatic N) is 2. The lowest BCUT2D eigenvalue weighted by molar-refractivity contribution is 0.0642. The van der Waals surface area contributed by atoms with Crippen molar-refractivity contribution in [2.45, 2.75) is 31.8 Å². The molecular formula is C22H29N3O3. The van der Waals surface area contributed by atoms with Crippen LogP contribution in [-0.2, 0) is 11.3 Å². The van der Waals surface area contributed by atoms with E-state index in [-0.39, 0.29) is 11.9 Å². The number of benzene rings is 1. The van der Waals surface area contributed by atoms with Crippen LogP contribution < -0.4 is 10.1 Å². The molecule has 1 saturated heterocycles. The van der Waals surface area contributed by atoms with E-state index in [9.17, 15) is 4.79 Å². The topological polar surface area (TPSA) is 63.7 Å². The van der Waals surface area contributed by atoms with Crippen molar-refractivity contribution < 1.29 is 14.3 Å². The maximum atomic E-state index is 13.3. The molecule has 1 fully saturated rings. The number of carbonyl (C=O) groups is 1. The normalized spacial score (nSPS) is 17.0. The standard InChI is InChI=1S/C22H29N3O3/c1-27-15-16-28-21-9-7-18(8-10-21)22(26)25(17-19-5-2-3-13-24-19)20-6-4-12-23-14-11-20/h2-3,5,7-10,13,20,23H,4,6,11-12,14-17H2,1H3. The van der Waals surface area contributed by atoms with Crippen molar-refractivity contribution in [2.75, 3.05) is 33.4 Å². The maximum Gasteiger partial charge on any atom is 0.254 e. The highest BCUT2D eigenvalue weighted by atomic mass is 16.5. The van der Waals surface area contributed by atoms with E-state index in [4.69, 9.17) is 9.47 Å². The third kappa shape index (κ3) is 5.78. The fourth-order valence-electron chi connectivity index (χ4n) is 3.45. The van der Waals surface area contributed by atoms with Gasteiger partial charge in [-0.15, -0.1) is 0 Å². The third-order valence-electron chi connectivity index (χ3n) is 4.96. The number of amides is 1. The van der Waals surface area contributed by atoms with Gasteiger partial charge in [-0.05, 0) is 68.8 Å². The summed E-state index contributed by atoms with van der Waals surface area (Å²) in [6.45, 7) is 3.49. The zero-order valence-corrected chi connectivity index (χ0v) is 16.5. The lowest BCUT2D eigenvalue weighted by atomic mass is 10.0. The summed E-state index contributed by atoms with van der Waals surface area (Å²) in [4.78, 5) is 19.8. The van der Waals surface area contributed by atoms with Gasteiger partial charge in [0.05, 0.1) is 18.8 Å². The average Bonchev–Trinajstić information content (AvgIpc) is 3.02. The Kier molecular flexibility index (Phi) is 7.82. The zero-order valence-electron chi connectivity index (χ0n) is 16.5. The highest BCUT2D eigenvalue weighted by molar-refractivity contribution is 5.94. The molecular weight excluding hydrogens is 354 g/mol. The summed E-state index contributed by atoms with van der Waals surface area (Å²) in [5.41, 5.74) is 1.58. The fourth-order valence-corrected chi connectivity index (χ4v) is 3.45. The third-order valence-corrected chi connectivity index (χ3v) is 4.96. The second-order valence-corrected chi connectivity index (χ2v) is 6.95. The van der Waals surface area contributed by atoms with Crippen LogP contribution in [0.3, 0.4) is 0 Å². The molecule has 0 radical (unpaired) electrons. The van der Waals surface area contributed by atoms with E-state index in [0.29, 0.717) is 25.3 Å². The second-order valence-electron chi connectivity index (χ2n) is 6.95. The Morgan fingerprint density at radius 1 is 1.14 bits per heavy atom. The van der Waals surface area contributed by atoms with Gasteiger partial charge in [0.2, 0.25) is 0 Å². The van der Waals surface area contributed by atoms with Crippen molar-refractivity contribution in [3.05, 3.63) is 59.9 Å². The van der Waals surface area contributed by atoms with Gasteiger partial charge in [0.1, 0.15) is 12.4 Å². The zero-order chi connectivity index (χ0) is 19.6. The van der Waals surface area contributed by atoms with Crippen molar-refractivity contribution in [1.82, 2.24) is 15.2 Å². The van der Waals surface area contributed by atoms with Gasteiger partial charge in [0.15, 0.2) is 0 Å². The number of nitrogens with one attached hydrogen (secondary N) is 1. The van der Waals surface area contributed by atoms with Crippen molar-refractivity contribution in [3.8, 4) is 5.75 Å². The number of ether oxygens (including phenoxy) is 2. The molecule has 3 rings (SSSR count). The number of aromatic nitrogens is 1. The highest BCUT2D eigenvalue weighted by Gasteiger charge is 2.26. The van der Waals surface area contributed by atoms with E-state index < -0.39 is 0 Å². The van der Waals surface area contributed by atoms with E-state index in [2.05, 4.69) is 10.3 Å². The van der Waals surface area contributed by atoms with E-state index in [1.807, 2.05) is 47.4 Å². The van der Waals surface area contributed by atoms with Crippen LogP contribution in [0.25, 0.3) is 0 Å². The van der Waals surface area contributed by atoms with Gasteiger partial charge in [-0.25, -0.2) is 0 Å². The molecule has 2 heterocycles. The molecule has 28 heavy (non-hydrogen) atoms. The Bertz CT molecular complexity index is 714. The van der Waals surface area contributed by atoms with E-state index in [1.165, 1.54) is 0 Å². The Morgan fingerprint density at radius 2 is 2.00 bits per heavy atom. The molecule has 6 nitrogen and oxygen atoms in total. The molecule has 1 aromatic heterocycles. The van der Waals surface area contributed by atoms with Crippen LogP contribution >= 0.6 is 0 Å². The number of carbonyl (C=O) groups excluding carboxylic acids is 1. The van der Waals surface area contributed by atoms with Gasteiger partial charge in [0, 0.05) is 24.9 Å². The molecule has 6 heteroatoms. The van der Waals surface area contributed by atoms with E-state index >= 15 is 0 Å². The quantitative estimate of drug-likeness (QED) is 0.710. The minimum atomic E-state index is 0.0426. The first-order chi connectivity index (χ1) is 13.8. The molecule has 1 amide bonds. The molecule has 2 aromatic rings. The molecule has 150 valence electrons.